The van der Waals surface area contributed by atoms with Crippen LogP contribution in [0.2, 0.25) is 0 Å². The van der Waals surface area contributed by atoms with Crippen molar-refractivity contribution in [2.75, 3.05) is 5.88 Å². The molecular formula is C2H4F3NOS. The minimum absolute atomic E-state index is 0.858. The van der Waals surface area contributed by atoms with E-state index in [1.165, 1.54) is 0 Å². The molecule has 0 amide bonds. The van der Waals surface area contributed by atoms with Crippen LogP contribution in [0, 0.1) is 0 Å². The van der Waals surface area contributed by atoms with Crippen LogP contribution in [0.25, 0.3) is 0 Å². The second kappa shape index (κ2) is 2.56. The van der Waals surface area contributed by atoms with E-state index in [9.17, 15) is 17.7 Å². The molecule has 0 aromatic carbocycles. The lowest BCUT2D eigenvalue weighted by Crippen LogP contribution is -2.29. The van der Waals surface area contributed by atoms with Gasteiger partial charge >= 0.3 is 5.51 Å². The molecule has 0 aliphatic rings. The summed E-state index contributed by atoms with van der Waals surface area (Å²) in [6.07, 6.45) is 0. The van der Waals surface area contributed by atoms with Crippen LogP contribution in [0.3, 0.4) is 0 Å². The molecule has 1 atom stereocenters. The molecule has 0 saturated carbocycles. The molecule has 0 rings (SSSR count). The smallest absolute Gasteiger partial charge is 0.573 e. The Labute approximate surface area is 47.0 Å². The zero-order valence-corrected chi connectivity index (χ0v) is 4.55. The van der Waals surface area contributed by atoms with Crippen molar-refractivity contribution in [3.05, 3.63) is 0 Å². The van der Waals surface area contributed by atoms with E-state index in [-0.39, 0.29) is 0 Å². The Hall–Kier alpha value is 0.0600. The summed E-state index contributed by atoms with van der Waals surface area (Å²) in [5, 5.41) is 0. The van der Waals surface area contributed by atoms with Gasteiger partial charge in [0.05, 0.1) is 11.2 Å². The van der Waals surface area contributed by atoms with Gasteiger partial charge in [-0.15, -0.1) is 13.2 Å². The second-order valence-electron chi connectivity index (χ2n) is 0.958. The molecule has 6 heteroatoms. The average molecular weight is 147 g/mol. The Bertz CT molecular complexity index is 74.2. The topological polar surface area (TPSA) is 49.1 Å². The lowest BCUT2D eigenvalue weighted by molar-refractivity contribution is -0.0434. The largest absolute Gasteiger partial charge is 0.608 e. The Kier molecular flexibility index (Phi) is 2.58. The summed E-state index contributed by atoms with van der Waals surface area (Å²) in [5.74, 6) is -0.858. The van der Waals surface area contributed by atoms with Crippen LogP contribution < -0.4 is 5.73 Å². The normalized spacial score (nSPS) is 16.1. The second-order valence-corrected chi connectivity index (χ2v) is 2.45. The maximum absolute atomic E-state index is 11.1. The van der Waals surface area contributed by atoms with Crippen LogP contribution >= 0.6 is 0 Å². The van der Waals surface area contributed by atoms with Gasteiger partial charge in [-0.3, -0.25) is 5.73 Å². The summed E-state index contributed by atoms with van der Waals surface area (Å²) >= 11 is -2.87. The Morgan fingerprint density at radius 1 is 1.50 bits per heavy atom. The highest BCUT2D eigenvalue weighted by Crippen LogP contribution is 2.22. The highest BCUT2D eigenvalue weighted by Gasteiger charge is 2.43. The molecule has 0 heterocycles. The molecule has 2 N–H and O–H groups in total. The van der Waals surface area contributed by atoms with Crippen molar-refractivity contribution < 1.29 is 17.7 Å². The highest BCUT2D eigenvalue weighted by atomic mass is 32.2. The lowest BCUT2D eigenvalue weighted by atomic mass is 11.5. The zero-order chi connectivity index (χ0) is 6.78. The summed E-state index contributed by atoms with van der Waals surface area (Å²) in [6, 6.07) is 0. The minimum atomic E-state index is -4.64. The molecule has 0 aromatic heterocycles. The van der Waals surface area contributed by atoms with Gasteiger partial charge in [-0.1, -0.05) is 0 Å². The Balaban J connectivity index is 3.62. The fraction of sp³-hybridized carbons (Fsp3) is 1.00. The molecule has 0 bridgehead atoms. The lowest BCUT2D eigenvalue weighted by Gasteiger charge is -2.08. The quantitative estimate of drug-likeness (QED) is 0.537. The summed E-state index contributed by atoms with van der Waals surface area (Å²) in [7, 11) is 0. The van der Waals surface area contributed by atoms with Gasteiger partial charge in [-0.2, -0.15) is 0 Å². The van der Waals surface area contributed by atoms with Gasteiger partial charge in [0, 0.05) is 0 Å². The van der Waals surface area contributed by atoms with Gasteiger partial charge < -0.3 is 4.55 Å². The first kappa shape index (κ1) is 8.06. The van der Waals surface area contributed by atoms with E-state index < -0.39 is 22.6 Å². The highest BCUT2D eigenvalue weighted by molar-refractivity contribution is 7.92. The number of halogens is 3. The Morgan fingerprint density at radius 2 is 1.88 bits per heavy atom. The van der Waals surface area contributed by atoms with Gasteiger partial charge in [0.15, 0.2) is 5.88 Å². The third-order valence-electron chi connectivity index (χ3n) is 0.410. The molecular weight excluding hydrogens is 143 g/mol. The molecule has 0 radical (unpaired) electrons. The summed E-state index contributed by atoms with van der Waals surface area (Å²) in [4.78, 5) is 0. The number of alkyl halides is 3. The van der Waals surface area contributed by atoms with E-state index in [2.05, 4.69) is 5.73 Å². The van der Waals surface area contributed by atoms with E-state index in [1.807, 2.05) is 0 Å². The molecule has 1 unspecified atom stereocenters. The molecule has 0 saturated heterocycles. The van der Waals surface area contributed by atoms with E-state index in [1.54, 1.807) is 0 Å². The van der Waals surface area contributed by atoms with Crippen molar-refractivity contribution in [3.8, 4) is 0 Å². The fourth-order valence-corrected chi connectivity index (χ4v) is 0.283. The molecule has 50 valence electrons. The van der Waals surface area contributed by atoms with Crippen molar-refractivity contribution in [3.63, 3.8) is 0 Å². The van der Waals surface area contributed by atoms with Crippen LogP contribution in [0.1, 0.15) is 0 Å². The Morgan fingerprint density at radius 3 is 1.88 bits per heavy atom. The zero-order valence-electron chi connectivity index (χ0n) is 3.73. The number of hydrogen-bond donors (Lipinski definition) is 1. The number of hydrogen-bond acceptors (Lipinski definition) is 2. The number of nitrogens with two attached hydrogens (primary N) is 1. The van der Waals surface area contributed by atoms with E-state index in [0.29, 0.717) is 0 Å². The van der Waals surface area contributed by atoms with Crippen molar-refractivity contribution in [1.82, 2.24) is 0 Å². The monoisotopic (exact) mass is 147 g/mol. The summed E-state index contributed by atoms with van der Waals surface area (Å²) in [6.45, 7) is 0. The average Bonchev–Trinajstić information content (AvgIpc) is 1.62. The van der Waals surface area contributed by atoms with Gasteiger partial charge in [0.2, 0.25) is 0 Å². The van der Waals surface area contributed by atoms with Crippen molar-refractivity contribution in [2.45, 2.75) is 5.51 Å². The van der Waals surface area contributed by atoms with Crippen LogP contribution in [-0.4, -0.2) is 15.9 Å². The third kappa shape index (κ3) is 2.39. The van der Waals surface area contributed by atoms with Gasteiger partial charge in [-0.25, -0.2) is 0 Å². The molecule has 0 aliphatic carbocycles. The van der Waals surface area contributed by atoms with Gasteiger partial charge in [0.25, 0.3) is 0 Å². The van der Waals surface area contributed by atoms with Crippen molar-refractivity contribution >= 4 is 11.2 Å². The molecule has 0 spiro atoms. The molecule has 8 heavy (non-hydrogen) atoms. The van der Waals surface area contributed by atoms with Crippen LogP contribution in [0.15, 0.2) is 0 Å². The molecule has 0 aliphatic heterocycles. The first-order valence-corrected chi connectivity index (χ1v) is 2.95. The third-order valence-corrected chi connectivity index (χ3v) is 1.23. The van der Waals surface area contributed by atoms with E-state index >= 15 is 0 Å². The van der Waals surface area contributed by atoms with E-state index in [0.717, 1.165) is 0 Å². The fourth-order valence-electron chi connectivity index (χ4n) is 0.0945. The van der Waals surface area contributed by atoms with Crippen molar-refractivity contribution in [2.24, 2.45) is 5.73 Å². The molecule has 2 nitrogen and oxygen atoms in total. The molecule has 0 aromatic rings. The first-order chi connectivity index (χ1) is 3.48. The summed E-state index contributed by atoms with van der Waals surface area (Å²) < 4.78 is 42.9. The van der Waals surface area contributed by atoms with Gasteiger partial charge in [0.1, 0.15) is 0 Å². The predicted molar refractivity (Wildman–Crippen MR) is 23.3 cm³/mol. The standard InChI is InChI=1S/C2H4F3NOS/c3-2(4,5)8(7)1-6/h1,6H2. The predicted octanol–water partition coefficient (Wildman–Crippen LogP) is 0.171. The number of rotatable bonds is 1. The van der Waals surface area contributed by atoms with Crippen LogP contribution in [0.5, 0.6) is 0 Å². The van der Waals surface area contributed by atoms with Gasteiger partial charge in [-0.05, 0) is 0 Å². The maximum atomic E-state index is 11.1. The molecule has 0 fully saturated rings. The summed E-state index contributed by atoms with van der Waals surface area (Å²) in [5.41, 5.74) is -0.206. The van der Waals surface area contributed by atoms with Crippen LogP contribution in [-0.2, 0) is 11.2 Å². The van der Waals surface area contributed by atoms with Crippen molar-refractivity contribution in [1.29, 1.82) is 0 Å². The SMILES string of the molecule is NC[S+]([O-])C(F)(F)F. The maximum Gasteiger partial charge on any atom is 0.573 e. The first-order valence-electron chi connectivity index (χ1n) is 1.63. The minimum Gasteiger partial charge on any atom is -0.608 e. The van der Waals surface area contributed by atoms with E-state index in [4.69, 9.17) is 0 Å². The van der Waals surface area contributed by atoms with Crippen LogP contribution in [0.4, 0.5) is 13.2 Å².